The second kappa shape index (κ2) is 8.49. The number of aliphatic hydroxyl groups excluding tert-OH is 1. The van der Waals surface area contributed by atoms with Crippen LogP contribution in [0.2, 0.25) is 20.1 Å². The highest BCUT2D eigenvalue weighted by Crippen LogP contribution is 2.35. The van der Waals surface area contributed by atoms with Crippen molar-refractivity contribution >= 4 is 62.1 Å². The number of anilines is 1. The van der Waals surface area contributed by atoms with Gasteiger partial charge in [-0.25, -0.2) is 8.42 Å². The lowest BCUT2D eigenvalue weighted by atomic mass is 10.00. The molecule has 146 valence electrons. The van der Waals surface area contributed by atoms with Gasteiger partial charge < -0.3 is 5.11 Å². The van der Waals surface area contributed by atoms with Crippen molar-refractivity contribution < 1.29 is 13.5 Å². The van der Waals surface area contributed by atoms with Gasteiger partial charge in [0.1, 0.15) is 6.10 Å². The molecule has 4 nitrogen and oxygen atoms in total. The van der Waals surface area contributed by atoms with E-state index in [2.05, 4.69) is 4.72 Å². The van der Waals surface area contributed by atoms with E-state index in [9.17, 15) is 13.5 Å². The van der Waals surface area contributed by atoms with E-state index in [-0.39, 0.29) is 26.2 Å². The van der Waals surface area contributed by atoms with Crippen molar-refractivity contribution in [3.63, 3.8) is 0 Å². The molecule has 0 saturated heterocycles. The third kappa shape index (κ3) is 4.57. The highest BCUT2D eigenvalue weighted by molar-refractivity contribution is 7.92. The molecule has 1 atom stereocenters. The summed E-state index contributed by atoms with van der Waals surface area (Å²) >= 11 is 24.0. The van der Waals surface area contributed by atoms with Crippen molar-refractivity contribution in [2.45, 2.75) is 11.0 Å². The Hall–Kier alpha value is -1.47. The Morgan fingerprint density at radius 2 is 1.50 bits per heavy atom. The third-order valence-electron chi connectivity index (χ3n) is 3.95. The van der Waals surface area contributed by atoms with Crippen molar-refractivity contribution in [3.05, 3.63) is 91.9 Å². The number of aliphatic hydroxyl groups is 1. The van der Waals surface area contributed by atoms with Crippen molar-refractivity contribution in [2.75, 3.05) is 4.72 Å². The van der Waals surface area contributed by atoms with E-state index in [1.54, 1.807) is 24.3 Å². The number of rotatable bonds is 5. The summed E-state index contributed by atoms with van der Waals surface area (Å²) in [5.74, 6) is 0. The zero-order chi connectivity index (χ0) is 20.5. The van der Waals surface area contributed by atoms with E-state index in [0.717, 1.165) is 0 Å². The molecule has 3 rings (SSSR count). The first-order valence-corrected chi connectivity index (χ1v) is 10.9. The Morgan fingerprint density at radius 1 is 0.786 bits per heavy atom. The van der Waals surface area contributed by atoms with Crippen LogP contribution in [0.15, 0.2) is 65.6 Å². The summed E-state index contributed by atoms with van der Waals surface area (Å²) < 4.78 is 28.0. The summed E-state index contributed by atoms with van der Waals surface area (Å²) in [7, 11) is -3.99. The van der Waals surface area contributed by atoms with Gasteiger partial charge in [0.25, 0.3) is 10.0 Å². The lowest BCUT2D eigenvalue weighted by Crippen LogP contribution is -2.15. The monoisotopic (exact) mass is 475 g/mol. The summed E-state index contributed by atoms with van der Waals surface area (Å²) in [6.07, 6.45) is -1.20. The van der Waals surface area contributed by atoms with Crippen LogP contribution in [-0.2, 0) is 10.0 Å². The van der Waals surface area contributed by atoms with Crippen LogP contribution in [-0.4, -0.2) is 13.5 Å². The van der Waals surface area contributed by atoms with Gasteiger partial charge in [0.15, 0.2) is 0 Å². The molecular weight excluding hydrogens is 464 g/mol. The summed E-state index contributed by atoms with van der Waals surface area (Å²) in [4.78, 5) is -0.0740. The minimum atomic E-state index is -3.99. The first kappa shape index (κ1) is 21.2. The molecule has 0 fully saturated rings. The Balaban J connectivity index is 2.03. The molecule has 9 heteroatoms. The first-order chi connectivity index (χ1) is 13.2. The van der Waals surface area contributed by atoms with Gasteiger partial charge in [0.05, 0.1) is 20.6 Å². The molecule has 0 aliphatic heterocycles. The fraction of sp³-hybridized carbons (Fsp3) is 0.0526. The second-order valence-corrected chi connectivity index (χ2v) is 9.18. The number of halogens is 4. The Kier molecular flexibility index (Phi) is 6.44. The van der Waals surface area contributed by atoms with E-state index >= 15 is 0 Å². The van der Waals surface area contributed by atoms with Crippen LogP contribution in [0.4, 0.5) is 5.69 Å². The lowest BCUT2D eigenvalue weighted by molar-refractivity contribution is 0.221. The predicted octanol–water partition coefficient (Wildman–Crippen LogP) is 6.18. The number of nitrogens with one attached hydrogen (secondary N) is 1. The number of hydrogen-bond donors (Lipinski definition) is 2. The maximum atomic E-state index is 12.8. The largest absolute Gasteiger partial charge is 0.384 e. The van der Waals surface area contributed by atoms with Gasteiger partial charge in [0.2, 0.25) is 0 Å². The van der Waals surface area contributed by atoms with Crippen molar-refractivity contribution in [2.24, 2.45) is 0 Å². The lowest BCUT2D eigenvalue weighted by Gasteiger charge is -2.19. The summed E-state index contributed by atoms with van der Waals surface area (Å²) in [5.41, 5.74) is 0.827. The third-order valence-corrected chi connectivity index (χ3v) is 6.64. The predicted molar refractivity (Wildman–Crippen MR) is 114 cm³/mol. The quantitative estimate of drug-likeness (QED) is 0.461. The van der Waals surface area contributed by atoms with Gasteiger partial charge in [-0.1, -0.05) is 64.6 Å². The average molecular weight is 477 g/mol. The minimum absolute atomic E-state index is 0.0740. The molecule has 0 radical (unpaired) electrons. The van der Waals surface area contributed by atoms with Crippen LogP contribution in [0.1, 0.15) is 17.2 Å². The smallest absolute Gasteiger partial charge is 0.261 e. The topological polar surface area (TPSA) is 66.4 Å². The Bertz CT molecular complexity index is 1140. The average Bonchev–Trinajstić information content (AvgIpc) is 2.65. The molecule has 3 aromatic rings. The number of benzene rings is 3. The summed E-state index contributed by atoms with van der Waals surface area (Å²) in [6, 6.07) is 15.1. The van der Waals surface area contributed by atoms with Crippen LogP contribution in [0, 0.1) is 0 Å². The highest BCUT2D eigenvalue weighted by Gasteiger charge is 2.22. The fourth-order valence-corrected chi connectivity index (χ4v) is 4.46. The van der Waals surface area contributed by atoms with E-state index in [4.69, 9.17) is 46.4 Å². The van der Waals surface area contributed by atoms with Crippen LogP contribution < -0.4 is 4.72 Å². The summed E-state index contributed by atoms with van der Waals surface area (Å²) in [5, 5.41) is 11.8. The van der Waals surface area contributed by atoms with Gasteiger partial charge in [0, 0.05) is 21.2 Å². The fourth-order valence-electron chi connectivity index (χ4n) is 2.56. The van der Waals surface area contributed by atoms with E-state index in [1.165, 1.54) is 36.4 Å². The van der Waals surface area contributed by atoms with Crippen LogP contribution in [0.3, 0.4) is 0 Å². The Morgan fingerprint density at radius 3 is 2.18 bits per heavy atom. The van der Waals surface area contributed by atoms with E-state index < -0.39 is 16.1 Å². The van der Waals surface area contributed by atoms with Crippen molar-refractivity contribution in [3.8, 4) is 0 Å². The molecule has 0 aliphatic carbocycles. The van der Waals surface area contributed by atoms with Gasteiger partial charge in [-0.15, -0.1) is 0 Å². The van der Waals surface area contributed by atoms with Gasteiger partial charge in [-0.05, 0) is 42.5 Å². The van der Waals surface area contributed by atoms with E-state index in [0.29, 0.717) is 15.6 Å². The SMILES string of the molecule is O=S(=O)(Nc1ccc(Cl)cc1C(O)c1ccccc1Cl)c1ccc(Cl)c(Cl)c1. The Labute approximate surface area is 182 Å². The normalized spacial score (nSPS) is 12.6. The molecule has 2 N–H and O–H groups in total. The van der Waals surface area contributed by atoms with Gasteiger partial charge in [-0.2, -0.15) is 0 Å². The van der Waals surface area contributed by atoms with Crippen LogP contribution in [0.5, 0.6) is 0 Å². The number of hydrogen-bond acceptors (Lipinski definition) is 3. The maximum Gasteiger partial charge on any atom is 0.261 e. The molecular formula is C19H13Cl4NO3S. The van der Waals surface area contributed by atoms with Crippen LogP contribution >= 0.6 is 46.4 Å². The molecule has 0 aromatic heterocycles. The minimum Gasteiger partial charge on any atom is -0.384 e. The standard InChI is InChI=1S/C19H13Cl4NO3S/c20-11-5-8-18(14(9-11)19(25)13-3-1-2-4-15(13)21)24-28(26,27)12-6-7-16(22)17(23)10-12/h1-10,19,24-25H. The molecule has 28 heavy (non-hydrogen) atoms. The maximum absolute atomic E-state index is 12.8. The van der Waals surface area contributed by atoms with E-state index in [1.807, 2.05) is 0 Å². The summed E-state index contributed by atoms with van der Waals surface area (Å²) in [6.45, 7) is 0. The second-order valence-electron chi connectivity index (χ2n) is 5.84. The van der Waals surface area contributed by atoms with Crippen molar-refractivity contribution in [1.29, 1.82) is 0 Å². The number of sulfonamides is 1. The van der Waals surface area contributed by atoms with Crippen LogP contribution in [0.25, 0.3) is 0 Å². The molecule has 3 aromatic carbocycles. The molecule has 0 spiro atoms. The zero-order valence-corrected chi connectivity index (χ0v) is 17.9. The molecule has 0 amide bonds. The first-order valence-electron chi connectivity index (χ1n) is 7.89. The van der Waals surface area contributed by atoms with Gasteiger partial charge >= 0.3 is 0 Å². The highest BCUT2D eigenvalue weighted by atomic mass is 35.5. The zero-order valence-electron chi connectivity index (χ0n) is 14.0. The molecule has 1 unspecified atom stereocenters. The molecule has 0 saturated carbocycles. The molecule has 0 heterocycles. The molecule has 0 aliphatic rings. The van der Waals surface area contributed by atoms with Crippen molar-refractivity contribution in [1.82, 2.24) is 0 Å². The molecule has 0 bridgehead atoms. The van der Waals surface area contributed by atoms with Gasteiger partial charge in [-0.3, -0.25) is 4.72 Å².